The summed E-state index contributed by atoms with van der Waals surface area (Å²) < 4.78 is 0. The first kappa shape index (κ1) is 19.3. The van der Waals surface area contributed by atoms with E-state index in [4.69, 9.17) is 0 Å². The molecule has 0 atom stereocenters. The van der Waals surface area contributed by atoms with Gasteiger partial charge in [-0.2, -0.15) is 0 Å². The first-order valence-electron chi connectivity index (χ1n) is 9.51. The second kappa shape index (κ2) is 8.16. The molecule has 0 radical (unpaired) electrons. The molecule has 150 valence electrons. The quantitative estimate of drug-likeness (QED) is 0.556. The summed E-state index contributed by atoms with van der Waals surface area (Å²) in [5.41, 5.74) is 1.86. The van der Waals surface area contributed by atoms with Crippen LogP contribution in [0.1, 0.15) is 16.2 Å². The van der Waals surface area contributed by atoms with Crippen molar-refractivity contribution in [2.45, 2.75) is 6.54 Å². The number of nitrogens with one attached hydrogen (secondary N) is 1. The number of amides is 1. The molecule has 1 amide bonds. The van der Waals surface area contributed by atoms with Crippen molar-refractivity contribution in [3.05, 3.63) is 94.7 Å². The minimum absolute atomic E-state index is 0.185. The molecule has 1 N–H and O–H groups in total. The minimum atomic E-state index is -0.216. The molecule has 0 unspecified atom stereocenters. The van der Waals surface area contributed by atoms with Crippen LogP contribution in [0.4, 0.5) is 11.5 Å². The third kappa shape index (κ3) is 3.91. The van der Waals surface area contributed by atoms with Gasteiger partial charge < -0.3 is 14.8 Å². The SMILES string of the molecule is CN(Cc1nc2ccccc2c(=O)[nH]1)C(=O)c1ccc(N(C)c2ccccc2)nc1. The Morgan fingerprint density at radius 3 is 2.43 bits per heavy atom. The zero-order valence-corrected chi connectivity index (χ0v) is 16.7. The molecule has 0 aliphatic rings. The molecular weight excluding hydrogens is 378 g/mol. The number of para-hydroxylation sites is 2. The Balaban J connectivity index is 1.50. The third-order valence-corrected chi connectivity index (χ3v) is 4.88. The van der Waals surface area contributed by atoms with Crippen molar-refractivity contribution in [2.75, 3.05) is 19.0 Å². The summed E-state index contributed by atoms with van der Waals surface area (Å²) in [6.07, 6.45) is 1.56. The van der Waals surface area contributed by atoms with Crippen LogP contribution in [0.15, 0.2) is 77.7 Å². The first-order valence-corrected chi connectivity index (χ1v) is 9.51. The Morgan fingerprint density at radius 2 is 1.70 bits per heavy atom. The summed E-state index contributed by atoms with van der Waals surface area (Å²) >= 11 is 0. The van der Waals surface area contributed by atoms with Gasteiger partial charge in [0.2, 0.25) is 0 Å². The number of fused-ring (bicyclic) bond motifs is 1. The maximum atomic E-state index is 12.8. The molecule has 0 aliphatic heterocycles. The van der Waals surface area contributed by atoms with Gasteiger partial charge in [0.25, 0.3) is 11.5 Å². The third-order valence-electron chi connectivity index (χ3n) is 4.88. The van der Waals surface area contributed by atoms with Gasteiger partial charge in [-0.15, -0.1) is 0 Å². The van der Waals surface area contributed by atoms with Crippen LogP contribution >= 0.6 is 0 Å². The highest BCUT2D eigenvalue weighted by atomic mass is 16.2. The lowest BCUT2D eigenvalue weighted by atomic mass is 10.2. The van der Waals surface area contributed by atoms with Crippen LogP contribution in [0.3, 0.4) is 0 Å². The molecule has 4 rings (SSSR count). The van der Waals surface area contributed by atoms with Gasteiger partial charge >= 0.3 is 0 Å². The number of benzene rings is 2. The van der Waals surface area contributed by atoms with Gasteiger partial charge in [0, 0.05) is 26.0 Å². The van der Waals surface area contributed by atoms with Crippen LogP contribution in [0.5, 0.6) is 0 Å². The highest BCUT2D eigenvalue weighted by Crippen LogP contribution is 2.21. The van der Waals surface area contributed by atoms with Gasteiger partial charge in [-0.1, -0.05) is 30.3 Å². The molecule has 0 saturated carbocycles. The van der Waals surface area contributed by atoms with Crippen molar-refractivity contribution in [3.63, 3.8) is 0 Å². The molecule has 7 nitrogen and oxygen atoms in total. The molecule has 0 fully saturated rings. The van der Waals surface area contributed by atoms with E-state index in [-0.39, 0.29) is 18.0 Å². The standard InChI is InChI=1S/C23H21N5O2/c1-27(15-20-25-19-11-7-6-10-18(19)22(29)26-20)23(30)16-12-13-21(24-14-16)28(2)17-8-4-3-5-9-17/h3-14H,15H2,1-2H3,(H,25,26,29). The van der Waals surface area contributed by atoms with Crippen LogP contribution in [-0.4, -0.2) is 39.9 Å². The highest BCUT2D eigenvalue weighted by molar-refractivity contribution is 5.94. The van der Waals surface area contributed by atoms with Crippen LogP contribution in [-0.2, 0) is 6.54 Å². The van der Waals surface area contributed by atoms with Crippen molar-refractivity contribution < 1.29 is 4.79 Å². The fraction of sp³-hybridized carbons (Fsp3) is 0.130. The number of aromatic amines is 1. The van der Waals surface area contributed by atoms with Crippen molar-refractivity contribution in [1.29, 1.82) is 0 Å². The summed E-state index contributed by atoms with van der Waals surface area (Å²) in [6, 6.07) is 20.5. The van der Waals surface area contributed by atoms with E-state index >= 15 is 0 Å². The summed E-state index contributed by atoms with van der Waals surface area (Å²) in [7, 11) is 3.59. The maximum absolute atomic E-state index is 12.8. The van der Waals surface area contributed by atoms with Gasteiger partial charge in [0.1, 0.15) is 11.6 Å². The second-order valence-electron chi connectivity index (χ2n) is 6.99. The number of H-pyrrole nitrogens is 1. The monoisotopic (exact) mass is 399 g/mol. The molecule has 2 aromatic heterocycles. The Morgan fingerprint density at radius 1 is 0.967 bits per heavy atom. The zero-order valence-electron chi connectivity index (χ0n) is 16.7. The van der Waals surface area contributed by atoms with E-state index in [0.29, 0.717) is 22.3 Å². The maximum Gasteiger partial charge on any atom is 0.258 e. The number of hydrogen-bond acceptors (Lipinski definition) is 5. The van der Waals surface area contributed by atoms with E-state index in [2.05, 4.69) is 15.0 Å². The van der Waals surface area contributed by atoms with Crippen LogP contribution < -0.4 is 10.5 Å². The van der Waals surface area contributed by atoms with Crippen molar-refractivity contribution in [3.8, 4) is 0 Å². The molecule has 0 spiro atoms. The minimum Gasteiger partial charge on any atom is -0.334 e. The van der Waals surface area contributed by atoms with Gasteiger partial charge in [0.05, 0.1) is 23.0 Å². The smallest absolute Gasteiger partial charge is 0.258 e. The lowest BCUT2D eigenvalue weighted by Crippen LogP contribution is -2.28. The molecule has 2 heterocycles. The van der Waals surface area contributed by atoms with Gasteiger partial charge in [-0.3, -0.25) is 9.59 Å². The number of carbonyl (C=O) groups excluding carboxylic acids is 1. The van der Waals surface area contributed by atoms with E-state index in [0.717, 1.165) is 11.5 Å². The number of carbonyl (C=O) groups is 1. The Labute approximate surface area is 173 Å². The van der Waals surface area contributed by atoms with Crippen molar-refractivity contribution in [2.24, 2.45) is 0 Å². The molecule has 7 heteroatoms. The number of hydrogen-bond donors (Lipinski definition) is 1. The first-order chi connectivity index (χ1) is 14.5. The van der Waals surface area contributed by atoms with E-state index in [9.17, 15) is 9.59 Å². The Kier molecular flexibility index (Phi) is 5.26. The average molecular weight is 399 g/mol. The summed E-state index contributed by atoms with van der Waals surface area (Å²) in [6.45, 7) is 0.185. The molecule has 30 heavy (non-hydrogen) atoms. The lowest BCUT2D eigenvalue weighted by molar-refractivity contribution is 0.0781. The summed E-state index contributed by atoms with van der Waals surface area (Å²) in [5, 5.41) is 0.526. The number of pyridine rings is 1. The van der Waals surface area contributed by atoms with Crippen molar-refractivity contribution in [1.82, 2.24) is 19.9 Å². The largest absolute Gasteiger partial charge is 0.334 e. The van der Waals surface area contributed by atoms with E-state index in [1.807, 2.05) is 54.4 Å². The van der Waals surface area contributed by atoms with E-state index in [1.165, 1.54) is 4.90 Å². The lowest BCUT2D eigenvalue weighted by Gasteiger charge is -2.19. The Hall–Kier alpha value is -4.00. The summed E-state index contributed by atoms with van der Waals surface area (Å²) in [5.74, 6) is 0.969. The predicted octanol–water partition coefficient (Wildman–Crippen LogP) is 3.36. The second-order valence-corrected chi connectivity index (χ2v) is 6.99. The molecule has 2 aromatic carbocycles. The van der Waals surface area contributed by atoms with Crippen LogP contribution in [0, 0.1) is 0 Å². The van der Waals surface area contributed by atoms with Crippen LogP contribution in [0.2, 0.25) is 0 Å². The number of rotatable bonds is 5. The van der Waals surface area contributed by atoms with Crippen LogP contribution in [0.25, 0.3) is 10.9 Å². The molecular formula is C23H21N5O2. The van der Waals surface area contributed by atoms with Crippen molar-refractivity contribution >= 4 is 28.3 Å². The normalized spacial score (nSPS) is 10.7. The average Bonchev–Trinajstić information content (AvgIpc) is 2.79. The zero-order chi connectivity index (χ0) is 21.1. The molecule has 0 bridgehead atoms. The number of aromatic nitrogens is 3. The van der Waals surface area contributed by atoms with Gasteiger partial charge in [0.15, 0.2) is 0 Å². The number of nitrogens with zero attached hydrogens (tertiary/aromatic N) is 4. The van der Waals surface area contributed by atoms with Gasteiger partial charge in [-0.25, -0.2) is 9.97 Å². The molecule has 4 aromatic rings. The van der Waals surface area contributed by atoms with Gasteiger partial charge in [-0.05, 0) is 36.4 Å². The molecule has 0 saturated heterocycles. The molecule has 0 aliphatic carbocycles. The highest BCUT2D eigenvalue weighted by Gasteiger charge is 2.15. The fourth-order valence-electron chi connectivity index (χ4n) is 3.22. The topological polar surface area (TPSA) is 82.2 Å². The number of anilines is 2. The Bertz CT molecular complexity index is 1240. The fourth-order valence-corrected chi connectivity index (χ4v) is 3.22. The van der Waals surface area contributed by atoms with E-state index in [1.54, 1.807) is 37.5 Å². The summed E-state index contributed by atoms with van der Waals surface area (Å²) in [4.78, 5) is 40.1. The predicted molar refractivity (Wildman–Crippen MR) is 117 cm³/mol. The van der Waals surface area contributed by atoms with E-state index < -0.39 is 0 Å².